The minimum atomic E-state index is 0.268. The van der Waals surface area contributed by atoms with Crippen LogP contribution in [0.5, 0.6) is 5.75 Å². The van der Waals surface area contributed by atoms with Gasteiger partial charge in [-0.05, 0) is 30.0 Å². The molecule has 0 radical (unpaired) electrons. The quantitative estimate of drug-likeness (QED) is 0.810. The number of benzene rings is 1. The van der Waals surface area contributed by atoms with Gasteiger partial charge < -0.3 is 5.11 Å². The lowest BCUT2D eigenvalue weighted by Gasteiger charge is -2.09. The molecular formula is C13H15NO. The van der Waals surface area contributed by atoms with E-state index in [1.54, 1.807) is 6.07 Å². The lowest BCUT2D eigenvalue weighted by atomic mass is 10.00. The summed E-state index contributed by atoms with van der Waals surface area (Å²) < 4.78 is 0. The van der Waals surface area contributed by atoms with Crippen molar-refractivity contribution in [1.82, 2.24) is 4.98 Å². The Morgan fingerprint density at radius 1 is 1.20 bits per heavy atom. The molecular weight excluding hydrogens is 186 g/mol. The van der Waals surface area contributed by atoms with E-state index in [1.807, 2.05) is 18.3 Å². The van der Waals surface area contributed by atoms with Gasteiger partial charge in [0.05, 0.1) is 0 Å². The first-order valence-electron chi connectivity index (χ1n) is 5.36. The molecule has 78 valence electrons. The van der Waals surface area contributed by atoms with E-state index in [0.717, 1.165) is 18.2 Å². The molecule has 0 amide bonds. The molecule has 1 heterocycles. The molecule has 0 unspecified atom stereocenters. The van der Waals surface area contributed by atoms with Crippen LogP contribution in [0.15, 0.2) is 24.4 Å². The Labute approximate surface area is 89.6 Å². The van der Waals surface area contributed by atoms with Crippen molar-refractivity contribution in [2.45, 2.75) is 26.7 Å². The molecule has 15 heavy (non-hydrogen) atoms. The minimum Gasteiger partial charge on any atom is -0.506 e. The normalized spacial score (nSPS) is 10.8. The molecule has 1 N–H and O–H groups in total. The third-order valence-corrected chi connectivity index (χ3v) is 2.81. The molecule has 2 aromatic rings. The summed E-state index contributed by atoms with van der Waals surface area (Å²) in [7, 11) is 0. The molecule has 0 saturated heterocycles. The van der Waals surface area contributed by atoms with E-state index in [4.69, 9.17) is 0 Å². The maximum absolute atomic E-state index is 9.69. The summed E-state index contributed by atoms with van der Waals surface area (Å²) in [6, 6.07) is 5.58. The monoisotopic (exact) mass is 201 g/mol. The van der Waals surface area contributed by atoms with Gasteiger partial charge in [0, 0.05) is 11.6 Å². The molecule has 0 fully saturated rings. The number of phenols is 1. The number of hydrogen-bond donors (Lipinski definition) is 1. The van der Waals surface area contributed by atoms with Crippen molar-refractivity contribution in [1.29, 1.82) is 0 Å². The van der Waals surface area contributed by atoms with Crippen LogP contribution in [0.2, 0.25) is 0 Å². The van der Waals surface area contributed by atoms with Crippen molar-refractivity contribution >= 4 is 10.9 Å². The van der Waals surface area contributed by atoms with E-state index in [0.29, 0.717) is 5.52 Å². The third kappa shape index (κ3) is 1.56. The number of aryl methyl sites for hydroxylation is 2. The van der Waals surface area contributed by atoms with Crippen LogP contribution in [0.3, 0.4) is 0 Å². The second kappa shape index (κ2) is 3.89. The fourth-order valence-corrected chi connectivity index (χ4v) is 2.03. The van der Waals surface area contributed by atoms with Crippen LogP contribution < -0.4 is 0 Å². The van der Waals surface area contributed by atoms with Crippen LogP contribution in [0.4, 0.5) is 0 Å². The van der Waals surface area contributed by atoms with Gasteiger partial charge in [-0.3, -0.25) is 4.98 Å². The van der Waals surface area contributed by atoms with E-state index in [-0.39, 0.29) is 5.75 Å². The number of aromatic hydroxyl groups is 1. The van der Waals surface area contributed by atoms with Gasteiger partial charge in [0.15, 0.2) is 0 Å². The minimum absolute atomic E-state index is 0.268. The Balaban J connectivity index is 2.82. The van der Waals surface area contributed by atoms with Crippen LogP contribution in [-0.2, 0) is 12.8 Å². The topological polar surface area (TPSA) is 33.1 Å². The van der Waals surface area contributed by atoms with Crippen LogP contribution in [0, 0.1) is 0 Å². The maximum Gasteiger partial charge on any atom is 0.141 e. The summed E-state index contributed by atoms with van der Waals surface area (Å²) >= 11 is 0. The molecule has 2 nitrogen and oxygen atoms in total. The highest BCUT2D eigenvalue weighted by Crippen LogP contribution is 2.27. The lowest BCUT2D eigenvalue weighted by molar-refractivity contribution is 0.480. The summed E-state index contributed by atoms with van der Waals surface area (Å²) in [6.07, 6.45) is 3.84. The number of phenolic OH excluding ortho intramolecular Hbond substituents is 1. The molecule has 2 heteroatoms. The number of hydrogen-bond acceptors (Lipinski definition) is 2. The highest BCUT2D eigenvalue weighted by molar-refractivity contribution is 5.87. The van der Waals surface area contributed by atoms with E-state index in [1.165, 1.54) is 11.1 Å². The van der Waals surface area contributed by atoms with E-state index >= 15 is 0 Å². The molecule has 0 bridgehead atoms. The molecule has 0 atom stereocenters. The zero-order valence-corrected chi connectivity index (χ0v) is 9.12. The van der Waals surface area contributed by atoms with Crippen LogP contribution in [0.25, 0.3) is 10.9 Å². The molecule has 0 aliphatic heterocycles. The second-order valence-electron chi connectivity index (χ2n) is 3.64. The number of pyridine rings is 1. The van der Waals surface area contributed by atoms with Crippen LogP contribution >= 0.6 is 0 Å². The average Bonchev–Trinajstić information content (AvgIpc) is 2.28. The summed E-state index contributed by atoms with van der Waals surface area (Å²) in [5.74, 6) is 0.268. The van der Waals surface area contributed by atoms with Crippen molar-refractivity contribution in [3.63, 3.8) is 0 Å². The Bertz CT molecular complexity index is 491. The summed E-state index contributed by atoms with van der Waals surface area (Å²) in [4.78, 5) is 4.31. The number of rotatable bonds is 2. The number of fused-ring (bicyclic) bond motifs is 1. The Kier molecular flexibility index (Phi) is 2.58. The lowest BCUT2D eigenvalue weighted by Crippen LogP contribution is -1.95. The van der Waals surface area contributed by atoms with E-state index in [9.17, 15) is 5.11 Å². The first-order chi connectivity index (χ1) is 7.27. The van der Waals surface area contributed by atoms with Crippen molar-refractivity contribution in [2.75, 3.05) is 0 Å². The van der Waals surface area contributed by atoms with Crippen molar-refractivity contribution in [2.24, 2.45) is 0 Å². The van der Waals surface area contributed by atoms with Gasteiger partial charge >= 0.3 is 0 Å². The average molecular weight is 201 g/mol. The highest BCUT2D eigenvalue weighted by atomic mass is 16.3. The number of nitrogens with zero attached hydrogens (tertiary/aromatic N) is 1. The Hall–Kier alpha value is -1.57. The van der Waals surface area contributed by atoms with Crippen molar-refractivity contribution < 1.29 is 5.11 Å². The first kappa shape index (κ1) is 9.97. The number of para-hydroxylation sites is 1. The van der Waals surface area contributed by atoms with Gasteiger partial charge in [-0.25, -0.2) is 0 Å². The van der Waals surface area contributed by atoms with E-state index < -0.39 is 0 Å². The molecule has 2 rings (SSSR count). The predicted octanol–water partition coefficient (Wildman–Crippen LogP) is 3.07. The highest BCUT2D eigenvalue weighted by Gasteiger charge is 2.07. The molecule has 0 aliphatic rings. The Morgan fingerprint density at radius 3 is 2.67 bits per heavy atom. The van der Waals surface area contributed by atoms with Gasteiger partial charge in [-0.2, -0.15) is 0 Å². The van der Waals surface area contributed by atoms with Gasteiger partial charge in [0.1, 0.15) is 11.3 Å². The zero-order valence-electron chi connectivity index (χ0n) is 9.12. The molecule has 0 saturated carbocycles. The van der Waals surface area contributed by atoms with Gasteiger partial charge in [0.25, 0.3) is 0 Å². The summed E-state index contributed by atoms with van der Waals surface area (Å²) in [5, 5.41) is 10.8. The fourth-order valence-electron chi connectivity index (χ4n) is 2.03. The molecule has 0 spiro atoms. The Morgan fingerprint density at radius 2 is 2.00 bits per heavy atom. The third-order valence-electron chi connectivity index (χ3n) is 2.81. The van der Waals surface area contributed by atoms with Gasteiger partial charge in [0.2, 0.25) is 0 Å². The zero-order chi connectivity index (χ0) is 10.8. The molecule has 1 aromatic heterocycles. The predicted molar refractivity (Wildman–Crippen MR) is 62.2 cm³/mol. The second-order valence-corrected chi connectivity index (χ2v) is 3.64. The summed E-state index contributed by atoms with van der Waals surface area (Å²) in [5.41, 5.74) is 3.29. The SMILES string of the molecule is CCc1cnc2c(O)cccc2c1CC. The number of aromatic nitrogens is 1. The van der Waals surface area contributed by atoms with Crippen LogP contribution in [0.1, 0.15) is 25.0 Å². The fraction of sp³-hybridized carbons (Fsp3) is 0.308. The smallest absolute Gasteiger partial charge is 0.141 e. The standard InChI is InChI=1S/C13H15NO/c1-3-9-8-14-13-11(10(9)4-2)6-5-7-12(13)15/h5-8,15H,3-4H2,1-2H3. The maximum atomic E-state index is 9.69. The van der Waals surface area contributed by atoms with Gasteiger partial charge in [-0.15, -0.1) is 0 Å². The first-order valence-corrected chi connectivity index (χ1v) is 5.36. The van der Waals surface area contributed by atoms with Crippen molar-refractivity contribution in [3.05, 3.63) is 35.5 Å². The van der Waals surface area contributed by atoms with Crippen LogP contribution in [-0.4, -0.2) is 10.1 Å². The van der Waals surface area contributed by atoms with Gasteiger partial charge in [-0.1, -0.05) is 26.0 Å². The van der Waals surface area contributed by atoms with Crippen molar-refractivity contribution in [3.8, 4) is 5.75 Å². The largest absolute Gasteiger partial charge is 0.506 e. The summed E-state index contributed by atoms with van der Waals surface area (Å²) in [6.45, 7) is 4.27. The molecule has 1 aromatic carbocycles. The van der Waals surface area contributed by atoms with E-state index in [2.05, 4.69) is 18.8 Å². The molecule has 0 aliphatic carbocycles.